The van der Waals surface area contributed by atoms with Crippen LogP contribution >= 0.6 is 0 Å². The summed E-state index contributed by atoms with van der Waals surface area (Å²) < 4.78 is 6.89. The predicted octanol–water partition coefficient (Wildman–Crippen LogP) is 8.41. The predicted molar refractivity (Wildman–Crippen MR) is 164 cm³/mol. The van der Waals surface area contributed by atoms with Gasteiger partial charge in [0, 0.05) is 0 Å². The highest BCUT2D eigenvalue weighted by Gasteiger charge is 2.25. The second-order valence-corrected chi connectivity index (χ2v) is 10.9. The van der Waals surface area contributed by atoms with Gasteiger partial charge in [-0.1, -0.05) is 78.4 Å². The summed E-state index contributed by atoms with van der Waals surface area (Å²) in [6, 6.07) is 39.3. The van der Waals surface area contributed by atoms with Crippen LogP contribution in [0.1, 0.15) is 5.56 Å². The quantitative estimate of drug-likeness (QED) is 0.222. The molecule has 0 saturated carbocycles. The summed E-state index contributed by atoms with van der Waals surface area (Å²) in [5, 5.41) is 4.82. The number of nitrogens with zero attached hydrogens (tertiary/aromatic N) is 5. The lowest BCUT2D eigenvalue weighted by molar-refractivity contribution is 1.15. The molecule has 10 aromatic rings. The van der Waals surface area contributed by atoms with Crippen LogP contribution in [0.25, 0.3) is 82.8 Å². The topological polar surface area (TPSA) is 39.0 Å². The normalized spacial score (nSPS) is 12.6. The number of rotatable bonds is 1. The third kappa shape index (κ3) is 2.47. The third-order valence-corrected chi connectivity index (χ3v) is 8.53. The van der Waals surface area contributed by atoms with Crippen molar-refractivity contribution in [3.05, 3.63) is 115 Å². The van der Waals surface area contributed by atoms with Crippen molar-refractivity contribution >= 4 is 71.7 Å². The van der Waals surface area contributed by atoms with Crippen LogP contribution in [-0.4, -0.2) is 23.2 Å². The Morgan fingerprint density at radius 1 is 0.450 bits per heavy atom. The minimum Gasteiger partial charge on any atom is -0.276 e. The fraction of sp³-hybridized carbons (Fsp3) is 0.0286. The van der Waals surface area contributed by atoms with Crippen molar-refractivity contribution in [3.8, 4) is 11.1 Å². The monoisotopic (exact) mass is 511 g/mol. The van der Waals surface area contributed by atoms with Gasteiger partial charge >= 0.3 is 0 Å². The van der Waals surface area contributed by atoms with Gasteiger partial charge in [-0.05, 0) is 76.0 Å². The number of fused-ring (bicyclic) bond motifs is 12. The first-order chi connectivity index (χ1) is 19.7. The number of aryl methyl sites for hydroxylation is 1. The molecule has 0 amide bonds. The summed E-state index contributed by atoms with van der Waals surface area (Å²) in [7, 11) is 0. The van der Waals surface area contributed by atoms with Crippen molar-refractivity contribution in [2.45, 2.75) is 6.92 Å². The van der Waals surface area contributed by atoms with Crippen molar-refractivity contribution in [1.82, 2.24) is 23.2 Å². The van der Waals surface area contributed by atoms with Gasteiger partial charge in [-0.15, -0.1) is 0 Å². The number of benzene rings is 6. The smallest absolute Gasteiger partial charge is 0.223 e. The molecule has 0 aliphatic rings. The highest BCUT2D eigenvalue weighted by Crippen LogP contribution is 2.38. The first-order valence-electron chi connectivity index (χ1n) is 13.6. The maximum Gasteiger partial charge on any atom is 0.223 e. The zero-order chi connectivity index (χ0) is 26.1. The van der Waals surface area contributed by atoms with Crippen molar-refractivity contribution in [2.24, 2.45) is 0 Å². The number of imidazole rings is 4. The zero-order valence-electron chi connectivity index (χ0n) is 21.6. The lowest BCUT2D eigenvalue weighted by Crippen LogP contribution is -1.89. The average Bonchev–Trinajstić information content (AvgIpc) is 3.69. The Balaban J connectivity index is 1.46. The van der Waals surface area contributed by atoms with E-state index < -0.39 is 0 Å². The van der Waals surface area contributed by atoms with E-state index >= 15 is 0 Å². The Bertz CT molecular complexity index is 2510. The molecular formula is C35H21N5. The van der Waals surface area contributed by atoms with Crippen molar-refractivity contribution < 1.29 is 0 Å². The van der Waals surface area contributed by atoms with E-state index in [9.17, 15) is 0 Å². The van der Waals surface area contributed by atoms with Crippen LogP contribution in [0.2, 0.25) is 0 Å². The SMILES string of the molecule is Cc1cccc(-c2cc3c4c(c2)n2c5cc6ccccc6cc5nc2n4c2nc4cc5ccccc5cc4n32)c1. The molecule has 0 saturated heterocycles. The number of aromatic nitrogens is 5. The summed E-state index contributed by atoms with van der Waals surface area (Å²) in [6.07, 6.45) is 0. The molecule has 5 heteroatoms. The van der Waals surface area contributed by atoms with E-state index in [2.05, 4.69) is 129 Å². The largest absolute Gasteiger partial charge is 0.276 e. The molecule has 10 rings (SSSR count). The zero-order valence-corrected chi connectivity index (χ0v) is 21.6. The molecule has 40 heavy (non-hydrogen) atoms. The molecule has 0 spiro atoms. The van der Waals surface area contributed by atoms with E-state index in [-0.39, 0.29) is 0 Å². The third-order valence-electron chi connectivity index (χ3n) is 8.53. The van der Waals surface area contributed by atoms with E-state index in [1.54, 1.807) is 0 Å². The summed E-state index contributed by atoms with van der Waals surface area (Å²) in [5.74, 6) is 1.78. The molecule has 6 aromatic carbocycles. The van der Waals surface area contributed by atoms with Gasteiger partial charge in [0.1, 0.15) is 5.52 Å². The van der Waals surface area contributed by atoms with E-state index in [0.29, 0.717) is 0 Å². The second-order valence-electron chi connectivity index (χ2n) is 10.9. The second kappa shape index (κ2) is 6.96. The molecule has 0 aliphatic heterocycles. The van der Waals surface area contributed by atoms with Gasteiger partial charge in [0.25, 0.3) is 0 Å². The van der Waals surface area contributed by atoms with E-state index in [0.717, 1.165) is 50.2 Å². The van der Waals surface area contributed by atoms with Gasteiger partial charge in [0.2, 0.25) is 11.6 Å². The van der Waals surface area contributed by atoms with E-state index in [1.165, 1.54) is 38.2 Å². The lowest BCUT2D eigenvalue weighted by atomic mass is 10.0. The van der Waals surface area contributed by atoms with E-state index in [4.69, 9.17) is 9.97 Å². The molecule has 0 unspecified atom stereocenters. The van der Waals surface area contributed by atoms with Crippen molar-refractivity contribution in [1.29, 1.82) is 0 Å². The minimum absolute atomic E-state index is 0.890. The maximum atomic E-state index is 5.22. The fourth-order valence-electron chi connectivity index (χ4n) is 6.73. The van der Waals surface area contributed by atoms with Crippen LogP contribution in [0, 0.1) is 6.92 Å². The van der Waals surface area contributed by atoms with Crippen molar-refractivity contribution in [2.75, 3.05) is 0 Å². The Labute approximate surface area is 227 Å². The molecule has 0 fully saturated rings. The molecule has 0 aliphatic carbocycles. The molecule has 0 bridgehead atoms. The first-order valence-corrected chi connectivity index (χ1v) is 13.6. The van der Waals surface area contributed by atoms with Crippen LogP contribution in [0.5, 0.6) is 0 Å². The Morgan fingerprint density at radius 3 is 1.50 bits per heavy atom. The number of hydrogen-bond donors (Lipinski definition) is 0. The van der Waals surface area contributed by atoms with Gasteiger partial charge in [-0.25, -0.2) is 14.4 Å². The highest BCUT2D eigenvalue weighted by atomic mass is 15.3. The molecule has 186 valence electrons. The number of hydrogen-bond acceptors (Lipinski definition) is 2. The minimum atomic E-state index is 0.890. The molecule has 5 nitrogen and oxygen atoms in total. The van der Waals surface area contributed by atoms with Crippen LogP contribution in [0.3, 0.4) is 0 Å². The first kappa shape index (κ1) is 20.5. The van der Waals surface area contributed by atoms with Gasteiger partial charge in [-0.3, -0.25) is 8.80 Å². The molecule has 0 atom stereocenters. The Morgan fingerprint density at radius 2 is 0.975 bits per heavy atom. The van der Waals surface area contributed by atoms with E-state index in [1.807, 2.05) is 0 Å². The molecule has 4 aromatic heterocycles. The molecular weight excluding hydrogens is 490 g/mol. The maximum absolute atomic E-state index is 5.22. The summed E-state index contributed by atoms with van der Waals surface area (Å²) >= 11 is 0. The molecule has 4 heterocycles. The standard InChI is InChI=1S/C35H21N5/c1-20-7-6-12-21(13-20)26-18-31-33-32(19-26)39-30-17-25-11-5-3-9-23(25)15-28(30)37-35(39)40(33)34-36-27-14-22-8-2-4-10-24(22)16-29(27)38(31)34/h2-19H,1H3. The summed E-state index contributed by atoms with van der Waals surface area (Å²) in [6.45, 7) is 2.15. The summed E-state index contributed by atoms with van der Waals surface area (Å²) in [4.78, 5) is 10.4. The van der Waals surface area contributed by atoms with Crippen molar-refractivity contribution in [3.63, 3.8) is 0 Å². The highest BCUT2D eigenvalue weighted by molar-refractivity contribution is 6.08. The molecule has 0 N–H and O–H groups in total. The molecule has 0 radical (unpaired) electrons. The van der Waals surface area contributed by atoms with Gasteiger partial charge in [-0.2, -0.15) is 0 Å². The van der Waals surface area contributed by atoms with Crippen LogP contribution in [0.4, 0.5) is 0 Å². The lowest BCUT2D eigenvalue weighted by Gasteiger charge is -2.06. The average molecular weight is 512 g/mol. The Kier molecular flexibility index (Phi) is 3.57. The van der Waals surface area contributed by atoms with Crippen LogP contribution in [-0.2, 0) is 0 Å². The summed E-state index contributed by atoms with van der Waals surface area (Å²) in [5.41, 5.74) is 11.3. The van der Waals surface area contributed by atoms with Gasteiger partial charge in [0.15, 0.2) is 0 Å². The van der Waals surface area contributed by atoms with Crippen LogP contribution in [0.15, 0.2) is 109 Å². The van der Waals surface area contributed by atoms with Gasteiger partial charge < -0.3 is 0 Å². The van der Waals surface area contributed by atoms with Crippen LogP contribution < -0.4 is 0 Å². The Hall–Kier alpha value is -5.42. The van der Waals surface area contributed by atoms with Gasteiger partial charge in [0.05, 0.1) is 33.1 Å². The fourth-order valence-corrected chi connectivity index (χ4v) is 6.73.